The molecule has 0 radical (unpaired) electrons. The molecule has 3 rings (SSSR count). The van der Waals surface area contributed by atoms with E-state index in [1.165, 1.54) is 41.3 Å². The first-order valence-electron chi connectivity index (χ1n) is 8.63. The van der Waals surface area contributed by atoms with Gasteiger partial charge in [0.15, 0.2) is 15.8 Å². The van der Waals surface area contributed by atoms with E-state index in [0.717, 1.165) is 11.8 Å². The van der Waals surface area contributed by atoms with E-state index in [2.05, 4.69) is 4.74 Å². The van der Waals surface area contributed by atoms with Gasteiger partial charge in [-0.05, 0) is 37.3 Å². The number of amides is 1. The van der Waals surface area contributed by atoms with E-state index in [-0.39, 0.29) is 38.5 Å². The number of alkyl halides is 2. The molecule has 1 fully saturated rings. The van der Waals surface area contributed by atoms with Crippen LogP contribution in [0, 0.1) is 0 Å². The van der Waals surface area contributed by atoms with Gasteiger partial charge in [-0.3, -0.25) is 9.69 Å². The quantitative estimate of drug-likeness (QED) is 0.479. The number of aromatic carboxylic acids is 1. The van der Waals surface area contributed by atoms with Crippen molar-refractivity contribution in [1.82, 2.24) is 0 Å². The number of anilines is 1. The van der Waals surface area contributed by atoms with E-state index < -0.39 is 18.5 Å². The normalized spacial score (nSPS) is 15.2. The second-order valence-electron chi connectivity index (χ2n) is 5.86. The number of carbonyl (C=O) groups excluding carboxylic acids is 1. The van der Waals surface area contributed by atoms with E-state index in [1.54, 1.807) is 19.1 Å². The van der Waals surface area contributed by atoms with Gasteiger partial charge in [0.1, 0.15) is 0 Å². The highest BCUT2D eigenvalue weighted by molar-refractivity contribution is 8.27. The topological polar surface area (TPSA) is 76.1 Å². The number of thiocarbonyl (C=S) groups is 1. The van der Waals surface area contributed by atoms with Crippen LogP contribution < -0.4 is 14.4 Å². The molecule has 1 amide bonds. The summed E-state index contributed by atoms with van der Waals surface area (Å²) in [5, 5.41) is 9.16. The van der Waals surface area contributed by atoms with E-state index in [0.29, 0.717) is 5.69 Å². The Morgan fingerprint density at radius 2 is 2.03 bits per heavy atom. The number of carboxylic acids is 1. The zero-order chi connectivity index (χ0) is 21.8. The summed E-state index contributed by atoms with van der Waals surface area (Å²) in [6, 6.07) is 10.4. The van der Waals surface area contributed by atoms with Gasteiger partial charge in [0.05, 0.1) is 22.8 Å². The molecule has 30 heavy (non-hydrogen) atoms. The summed E-state index contributed by atoms with van der Waals surface area (Å²) in [6.07, 6.45) is 1.39. The number of hydrogen-bond acceptors (Lipinski definition) is 6. The predicted molar refractivity (Wildman–Crippen MR) is 113 cm³/mol. The summed E-state index contributed by atoms with van der Waals surface area (Å²) in [4.78, 5) is 25.5. The molecule has 1 heterocycles. The first-order valence-corrected chi connectivity index (χ1v) is 9.86. The summed E-state index contributed by atoms with van der Waals surface area (Å²) in [6.45, 7) is -1.13. The number of carbonyl (C=O) groups is 2. The minimum atomic E-state index is -3.08. The molecule has 2 aromatic rings. The van der Waals surface area contributed by atoms with Gasteiger partial charge in [0.25, 0.3) is 5.91 Å². The maximum absolute atomic E-state index is 12.9. The van der Waals surface area contributed by atoms with Crippen molar-refractivity contribution in [2.75, 3.05) is 11.5 Å². The first-order chi connectivity index (χ1) is 14.3. The number of nitrogens with zero attached hydrogens (tertiary/aromatic N) is 1. The van der Waals surface area contributed by atoms with Crippen LogP contribution in [0.25, 0.3) is 6.08 Å². The molecule has 1 saturated heterocycles. The summed E-state index contributed by atoms with van der Waals surface area (Å²) < 4.78 is 36.0. The van der Waals surface area contributed by atoms with Crippen molar-refractivity contribution in [2.24, 2.45) is 0 Å². The van der Waals surface area contributed by atoms with Gasteiger partial charge in [0, 0.05) is 5.56 Å². The van der Waals surface area contributed by atoms with Crippen LogP contribution in [0.15, 0.2) is 47.4 Å². The fraction of sp³-hybridized carbons (Fsp3) is 0.150. The molecule has 10 heteroatoms. The van der Waals surface area contributed by atoms with Gasteiger partial charge in [-0.15, -0.1) is 0 Å². The Balaban J connectivity index is 1.99. The van der Waals surface area contributed by atoms with Gasteiger partial charge in [-0.1, -0.05) is 42.2 Å². The number of carboxylic acid groups (broad SMARTS) is 1. The van der Waals surface area contributed by atoms with Crippen molar-refractivity contribution in [2.45, 2.75) is 13.5 Å². The van der Waals surface area contributed by atoms with Crippen molar-refractivity contribution in [3.05, 3.63) is 58.5 Å². The molecule has 0 bridgehead atoms. The standard InChI is InChI=1S/C20H15F2NO5S2/c1-2-27-14-8-4-5-11(16(14)28-19(21)22)10-15-17(24)23(20(29)30-15)13-7-3-6-12(9-13)18(25)26/h3-10,19H,2H2,1H3,(H,25,26)/b15-10-. The van der Waals surface area contributed by atoms with Crippen LogP contribution in [-0.2, 0) is 4.79 Å². The monoisotopic (exact) mass is 451 g/mol. The number of hydrogen-bond donors (Lipinski definition) is 1. The predicted octanol–water partition coefficient (Wildman–Crippen LogP) is 4.79. The lowest BCUT2D eigenvalue weighted by atomic mass is 10.1. The molecule has 6 nitrogen and oxygen atoms in total. The minimum Gasteiger partial charge on any atom is -0.490 e. The zero-order valence-corrected chi connectivity index (χ0v) is 17.1. The molecule has 156 valence electrons. The Kier molecular flexibility index (Phi) is 6.68. The largest absolute Gasteiger partial charge is 0.490 e. The fourth-order valence-electron chi connectivity index (χ4n) is 2.74. The minimum absolute atomic E-state index is 0.00237. The molecule has 2 aromatic carbocycles. The molecule has 1 aliphatic rings. The lowest BCUT2D eigenvalue weighted by Crippen LogP contribution is -2.27. The van der Waals surface area contributed by atoms with Crippen LogP contribution in [0.2, 0.25) is 0 Å². The van der Waals surface area contributed by atoms with Crippen LogP contribution in [0.1, 0.15) is 22.8 Å². The summed E-state index contributed by atoms with van der Waals surface area (Å²) in [7, 11) is 0. The number of thioether (sulfide) groups is 1. The van der Waals surface area contributed by atoms with Crippen LogP contribution >= 0.6 is 24.0 Å². The van der Waals surface area contributed by atoms with Crippen molar-refractivity contribution in [1.29, 1.82) is 0 Å². The molecule has 0 atom stereocenters. The summed E-state index contributed by atoms with van der Waals surface area (Å²) in [5.74, 6) is -1.71. The van der Waals surface area contributed by atoms with Crippen molar-refractivity contribution >= 4 is 51.9 Å². The second kappa shape index (κ2) is 9.23. The zero-order valence-electron chi connectivity index (χ0n) is 15.5. The highest BCUT2D eigenvalue weighted by atomic mass is 32.2. The third-order valence-corrected chi connectivity index (χ3v) is 5.25. The van der Waals surface area contributed by atoms with Gasteiger partial charge < -0.3 is 14.6 Å². The van der Waals surface area contributed by atoms with Gasteiger partial charge in [0.2, 0.25) is 0 Å². The number of halogens is 2. The number of para-hydroxylation sites is 1. The Hall–Kier alpha value is -2.98. The van der Waals surface area contributed by atoms with E-state index >= 15 is 0 Å². The lowest BCUT2D eigenvalue weighted by molar-refractivity contribution is -0.113. The van der Waals surface area contributed by atoms with Crippen molar-refractivity contribution < 1.29 is 33.0 Å². The maximum Gasteiger partial charge on any atom is 0.387 e. The fourth-order valence-corrected chi connectivity index (χ4v) is 4.03. The molecule has 0 aromatic heterocycles. The number of rotatable bonds is 7. The van der Waals surface area contributed by atoms with E-state index in [4.69, 9.17) is 22.1 Å². The lowest BCUT2D eigenvalue weighted by Gasteiger charge is -2.15. The van der Waals surface area contributed by atoms with E-state index in [1.807, 2.05) is 0 Å². The molecule has 1 aliphatic heterocycles. The van der Waals surface area contributed by atoms with Crippen molar-refractivity contribution in [3.63, 3.8) is 0 Å². The average molecular weight is 451 g/mol. The second-order valence-corrected chi connectivity index (χ2v) is 7.53. The Morgan fingerprint density at radius 1 is 1.30 bits per heavy atom. The third-order valence-electron chi connectivity index (χ3n) is 3.95. The number of benzene rings is 2. The molecule has 1 N–H and O–H groups in total. The average Bonchev–Trinajstić information content (AvgIpc) is 2.97. The van der Waals surface area contributed by atoms with Gasteiger partial charge in [-0.2, -0.15) is 8.78 Å². The number of ether oxygens (including phenoxy) is 2. The smallest absolute Gasteiger partial charge is 0.387 e. The highest BCUT2D eigenvalue weighted by Crippen LogP contribution is 2.40. The van der Waals surface area contributed by atoms with Gasteiger partial charge >= 0.3 is 12.6 Å². The molecular weight excluding hydrogens is 436 g/mol. The van der Waals surface area contributed by atoms with Crippen LogP contribution in [-0.4, -0.2) is 34.5 Å². The van der Waals surface area contributed by atoms with Crippen molar-refractivity contribution in [3.8, 4) is 11.5 Å². The third kappa shape index (κ3) is 4.60. The molecule has 0 aliphatic carbocycles. The molecule has 0 spiro atoms. The SMILES string of the molecule is CCOc1cccc(/C=C2\SC(=S)N(c3cccc(C(=O)O)c3)C2=O)c1OC(F)F. The molecule has 0 unspecified atom stereocenters. The summed E-state index contributed by atoms with van der Waals surface area (Å²) in [5.41, 5.74) is 0.525. The molecular formula is C20H15F2NO5S2. The Labute approximate surface area is 180 Å². The van der Waals surface area contributed by atoms with Gasteiger partial charge in [-0.25, -0.2) is 4.79 Å². The van der Waals surface area contributed by atoms with Crippen LogP contribution in [0.5, 0.6) is 11.5 Å². The first kappa shape index (κ1) is 21.7. The van der Waals surface area contributed by atoms with Crippen LogP contribution in [0.3, 0.4) is 0 Å². The van der Waals surface area contributed by atoms with E-state index in [9.17, 15) is 18.4 Å². The Bertz CT molecular complexity index is 1040. The Morgan fingerprint density at radius 3 is 2.70 bits per heavy atom. The molecule has 0 saturated carbocycles. The highest BCUT2D eigenvalue weighted by Gasteiger charge is 2.34. The maximum atomic E-state index is 12.9. The summed E-state index contributed by atoms with van der Waals surface area (Å²) >= 11 is 6.25. The van der Waals surface area contributed by atoms with Crippen LogP contribution in [0.4, 0.5) is 14.5 Å².